The number of nitrogens with one attached hydrogen (secondary N) is 1. The van der Waals surface area contributed by atoms with Crippen molar-refractivity contribution >= 4 is 28.3 Å². The summed E-state index contributed by atoms with van der Waals surface area (Å²) >= 11 is 1.28. The Balaban J connectivity index is 1.58. The van der Waals surface area contributed by atoms with Crippen LogP contribution in [0.2, 0.25) is 0 Å². The van der Waals surface area contributed by atoms with E-state index >= 15 is 0 Å². The van der Waals surface area contributed by atoms with Gasteiger partial charge in [0.25, 0.3) is 5.91 Å². The van der Waals surface area contributed by atoms with Crippen molar-refractivity contribution in [1.29, 1.82) is 0 Å². The highest BCUT2D eigenvalue weighted by molar-refractivity contribution is 7.18. The van der Waals surface area contributed by atoms with E-state index in [0.717, 1.165) is 16.9 Å². The topological polar surface area (TPSA) is 93.7 Å². The number of aromatic nitrogens is 2. The van der Waals surface area contributed by atoms with E-state index in [4.69, 9.17) is 9.47 Å². The number of carbonyl (C=O) groups is 2. The van der Waals surface area contributed by atoms with E-state index in [9.17, 15) is 9.59 Å². The van der Waals surface area contributed by atoms with Crippen LogP contribution in [0.4, 0.5) is 5.13 Å². The molecule has 0 spiro atoms. The van der Waals surface area contributed by atoms with Gasteiger partial charge in [0, 0.05) is 37.7 Å². The quantitative estimate of drug-likeness (QED) is 0.503. The zero-order valence-electron chi connectivity index (χ0n) is 18.3. The molecule has 1 aromatic heterocycles. The van der Waals surface area contributed by atoms with Crippen LogP contribution in [-0.2, 0) is 9.53 Å². The van der Waals surface area contributed by atoms with Crippen molar-refractivity contribution in [3.63, 3.8) is 0 Å². The first-order valence-electron chi connectivity index (χ1n) is 10.1. The average Bonchev–Trinajstić information content (AvgIpc) is 3.27. The molecule has 32 heavy (non-hydrogen) atoms. The fourth-order valence-electron chi connectivity index (χ4n) is 2.94. The van der Waals surface area contributed by atoms with E-state index < -0.39 is 0 Å². The summed E-state index contributed by atoms with van der Waals surface area (Å²) in [5, 5.41) is 12.1. The lowest BCUT2D eigenvalue weighted by Crippen LogP contribution is -2.36. The summed E-state index contributed by atoms with van der Waals surface area (Å²) in [6, 6.07) is 14.8. The first-order valence-corrected chi connectivity index (χ1v) is 10.9. The van der Waals surface area contributed by atoms with Crippen LogP contribution in [0.5, 0.6) is 5.75 Å². The molecular weight excluding hydrogens is 428 g/mol. The Hall–Kier alpha value is -3.30. The van der Waals surface area contributed by atoms with E-state index in [1.807, 2.05) is 43.3 Å². The normalized spacial score (nSPS) is 10.6. The molecule has 2 aromatic carbocycles. The van der Waals surface area contributed by atoms with Crippen LogP contribution in [-0.4, -0.2) is 60.8 Å². The minimum absolute atomic E-state index is 0.132. The van der Waals surface area contributed by atoms with E-state index in [0.29, 0.717) is 28.9 Å². The van der Waals surface area contributed by atoms with E-state index in [2.05, 4.69) is 15.5 Å². The third kappa shape index (κ3) is 6.35. The van der Waals surface area contributed by atoms with Crippen molar-refractivity contribution in [2.45, 2.75) is 13.3 Å². The molecule has 1 N–H and O–H groups in total. The molecule has 168 valence electrons. The van der Waals surface area contributed by atoms with Gasteiger partial charge in [-0.15, -0.1) is 10.2 Å². The Kier molecular flexibility index (Phi) is 8.29. The third-order valence-corrected chi connectivity index (χ3v) is 5.66. The van der Waals surface area contributed by atoms with Crippen molar-refractivity contribution in [3.8, 4) is 16.3 Å². The van der Waals surface area contributed by atoms with Gasteiger partial charge in [-0.2, -0.15) is 0 Å². The molecule has 3 rings (SSSR count). The van der Waals surface area contributed by atoms with Crippen LogP contribution in [0.1, 0.15) is 22.3 Å². The second kappa shape index (κ2) is 11.4. The van der Waals surface area contributed by atoms with Crippen molar-refractivity contribution in [3.05, 3.63) is 59.7 Å². The smallest absolute Gasteiger partial charge is 0.253 e. The molecular formula is C23H26N4O4S. The molecule has 0 saturated heterocycles. The van der Waals surface area contributed by atoms with Crippen molar-refractivity contribution in [1.82, 2.24) is 15.1 Å². The number of amides is 2. The summed E-state index contributed by atoms with van der Waals surface area (Å²) in [6.07, 6.45) is 0.138. The van der Waals surface area contributed by atoms with Gasteiger partial charge >= 0.3 is 0 Å². The first-order chi connectivity index (χ1) is 15.5. The lowest BCUT2D eigenvalue weighted by molar-refractivity contribution is -0.116. The molecule has 0 saturated carbocycles. The highest BCUT2D eigenvalue weighted by atomic mass is 32.1. The lowest BCUT2D eigenvalue weighted by Gasteiger charge is -2.22. The van der Waals surface area contributed by atoms with Gasteiger partial charge in [-0.25, -0.2) is 0 Å². The molecule has 0 radical (unpaired) electrons. The van der Waals surface area contributed by atoms with Gasteiger partial charge < -0.3 is 19.7 Å². The van der Waals surface area contributed by atoms with Crippen LogP contribution < -0.4 is 10.1 Å². The predicted molar refractivity (Wildman–Crippen MR) is 124 cm³/mol. The van der Waals surface area contributed by atoms with Gasteiger partial charge in [0.05, 0.1) is 13.7 Å². The molecule has 0 bridgehead atoms. The van der Waals surface area contributed by atoms with E-state index in [-0.39, 0.29) is 24.8 Å². The molecule has 0 unspecified atom stereocenters. The Morgan fingerprint density at radius 2 is 1.72 bits per heavy atom. The maximum Gasteiger partial charge on any atom is 0.253 e. The number of ether oxygens (including phenoxy) is 2. The molecule has 9 heteroatoms. The van der Waals surface area contributed by atoms with Crippen LogP contribution in [0.15, 0.2) is 48.5 Å². The van der Waals surface area contributed by atoms with Gasteiger partial charge in [0.2, 0.25) is 11.0 Å². The van der Waals surface area contributed by atoms with E-state index in [1.165, 1.54) is 11.3 Å². The summed E-state index contributed by atoms with van der Waals surface area (Å²) in [6.45, 7) is 3.03. The monoisotopic (exact) mass is 454 g/mol. The zero-order chi connectivity index (χ0) is 22.9. The summed E-state index contributed by atoms with van der Waals surface area (Å²) in [5.41, 5.74) is 2.55. The molecule has 0 aliphatic heterocycles. The fourth-order valence-corrected chi connectivity index (χ4v) is 3.70. The number of aryl methyl sites for hydroxylation is 1. The second-order valence-corrected chi connectivity index (χ2v) is 8.07. The minimum atomic E-state index is -0.235. The molecule has 3 aromatic rings. The van der Waals surface area contributed by atoms with Crippen molar-refractivity contribution in [2.24, 2.45) is 0 Å². The Morgan fingerprint density at radius 3 is 2.38 bits per heavy atom. The number of anilines is 1. The summed E-state index contributed by atoms with van der Waals surface area (Å²) in [4.78, 5) is 26.9. The van der Waals surface area contributed by atoms with Crippen LogP contribution >= 0.6 is 11.3 Å². The van der Waals surface area contributed by atoms with Crippen molar-refractivity contribution < 1.29 is 19.1 Å². The highest BCUT2D eigenvalue weighted by Gasteiger charge is 2.17. The highest BCUT2D eigenvalue weighted by Crippen LogP contribution is 2.27. The number of hydrogen-bond acceptors (Lipinski definition) is 7. The number of carbonyl (C=O) groups excluding carboxylic acids is 2. The fraction of sp³-hybridized carbons (Fsp3) is 0.304. The van der Waals surface area contributed by atoms with Crippen molar-refractivity contribution in [2.75, 3.05) is 39.2 Å². The summed E-state index contributed by atoms with van der Waals surface area (Å²) in [7, 11) is 3.19. The van der Waals surface area contributed by atoms with Gasteiger partial charge in [-0.3, -0.25) is 9.59 Å². The number of methoxy groups -OCH3 is 2. The Bertz CT molecular complexity index is 1030. The predicted octanol–water partition coefficient (Wildman–Crippen LogP) is 3.64. The molecule has 0 fully saturated rings. The number of benzene rings is 2. The molecule has 2 amide bonds. The van der Waals surface area contributed by atoms with E-state index in [1.54, 1.807) is 31.3 Å². The maximum absolute atomic E-state index is 12.8. The minimum Gasteiger partial charge on any atom is -0.497 e. The van der Waals surface area contributed by atoms with Gasteiger partial charge in [0.15, 0.2) is 0 Å². The Labute approximate surface area is 191 Å². The first kappa shape index (κ1) is 23.4. The molecule has 0 aliphatic carbocycles. The van der Waals surface area contributed by atoms with Crippen LogP contribution in [0.25, 0.3) is 10.6 Å². The number of hydrogen-bond donors (Lipinski definition) is 1. The zero-order valence-corrected chi connectivity index (χ0v) is 19.1. The van der Waals surface area contributed by atoms with Gasteiger partial charge in [-0.1, -0.05) is 29.0 Å². The number of nitrogens with zero attached hydrogens (tertiary/aromatic N) is 3. The van der Waals surface area contributed by atoms with Crippen LogP contribution in [0.3, 0.4) is 0 Å². The largest absolute Gasteiger partial charge is 0.497 e. The third-order valence-electron chi connectivity index (χ3n) is 4.77. The standard InChI is InChI=1S/C23H26N4O4S/c1-16-4-6-18(7-5-16)22(29)27(14-15-30-2)13-12-20(28)24-23-26-25-21(32-23)17-8-10-19(31-3)11-9-17/h4-11H,12-15H2,1-3H3,(H,24,26,28). The molecule has 0 atom stereocenters. The second-order valence-electron chi connectivity index (χ2n) is 7.09. The summed E-state index contributed by atoms with van der Waals surface area (Å²) in [5.74, 6) is 0.388. The lowest BCUT2D eigenvalue weighted by atomic mass is 10.1. The average molecular weight is 455 g/mol. The SMILES string of the molecule is COCCN(CCC(=O)Nc1nnc(-c2ccc(OC)cc2)s1)C(=O)c1ccc(C)cc1. The molecule has 0 aliphatic rings. The van der Waals surface area contributed by atoms with Gasteiger partial charge in [0.1, 0.15) is 10.8 Å². The van der Waals surface area contributed by atoms with Gasteiger partial charge in [-0.05, 0) is 43.3 Å². The molecule has 8 nitrogen and oxygen atoms in total. The summed E-state index contributed by atoms with van der Waals surface area (Å²) < 4.78 is 10.3. The Morgan fingerprint density at radius 1 is 1.00 bits per heavy atom. The van der Waals surface area contributed by atoms with Crippen LogP contribution in [0, 0.1) is 6.92 Å². The maximum atomic E-state index is 12.8. The number of rotatable bonds is 10. The molecule has 1 heterocycles.